The maximum Gasteiger partial charge on any atom is 0.253 e. The largest absolute Gasteiger partial charge is 0.397 e. The lowest BCUT2D eigenvalue weighted by Crippen LogP contribution is -2.33. The van der Waals surface area contributed by atoms with E-state index in [1.54, 1.807) is 17.0 Å². The van der Waals surface area contributed by atoms with Crippen molar-refractivity contribution in [3.8, 4) is 0 Å². The van der Waals surface area contributed by atoms with Crippen molar-refractivity contribution in [2.24, 2.45) is 0 Å². The van der Waals surface area contributed by atoms with Crippen LogP contribution in [0.25, 0.3) is 0 Å². The standard InChI is InChI=1S/C14H21Cl2N3O/c1-4-19(7-5-6-18(2)3)14(20)10-8-11(15)13(16)12(17)9-10/h8-9H,4-7,17H2,1-3H3. The average Bonchev–Trinajstić information content (AvgIpc) is 2.39. The first-order chi connectivity index (χ1) is 9.36. The molecule has 20 heavy (non-hydrogen) atoms. The molecule has 0 saturated heterocycles. The number of hydrogen-bond donors (Lipinski definition) is 1. The number of hydrogen-bond acceptors (Lipinski definition) is 3. The van der Waals surface area contributed by atoms with Gasteiger partial charge in [-0.3, -0.25) is 4.79 Å². The third kappa shape index (κ3) is 4.54. The summed E-state index contributed by atoms with van der Waals surface area (Å²) in [6, 6.07) is 3.14. The molecule has 0 saturated carbocycles. The molecule has 0 aliphatic carbocycles. The number of nitrogens with two attached hydrogens (primary N) is 1. The highest BCUT2D eigenvalue weighted by atomic mass is 35.5. The first kappa shape index (κ1) is 17.1. The van der Waals surface area contributed by atoms with Crippen LogP contribution >= 0.6 is 23.2 Å². The monoisotopic (exact) mass is 317 g/mol. The van der Waals surface area contributed by atoms with Gasteiger partial charge in [0.1, 0.15) is 0 Å². The number of amides is 1. The second-order valence-electron chi connectivity index (χ2n) is 4.90. The summed E-state index contributed by atoms with van der Waals surface area (Å²) in [6.07, 6.45) is 0.920. The number of nitrogen functional groups attached to an aromatic ring is 1. The Hall–Kier alpha value is -0.970. The molecule has 1 rings (SSSR count). The van der Waals surface area contributed by atoms with E-state index in [4.69, 9.17) is 28.9 Å². The summed E-state index contributed by atoms with van der Waals surface area (Å²) in [7, 11) is 4.02. The van der Waals surface area contributed by atoms with Crippen molar-refractivity contribution in [3.63, 3.8) is 0 Å². The van der Waals surface area contributed by atoms with Gasteiger partial charge in [0.25, 0.3) is 5.91 Å². The van der Waals surface area contributed by atoms with Gasteiger partial charge in [0.2, 0.25) is 0 Å². The second kappa shape index (κ2) is 7.72. The number of benzene rings is 1. The van der Waals surface area contributed by atoms with Crippen molar-refractivity contribution in [1.29, 1.82) is 0 Å². The predicted molar refractivity (Wildman–Crippen MR) is 85.6 cm³/mol. The van der Waals surface area contributed by atoms with Gasteiger partial charge in [-0.1, -0.05) is 23.2 Å². The molecule has 6 heteroatoms. The maximum atomic E-state index is 12.4. The Morgan fingerprint density at radius 3 is 2.40 bits per heavy atom. The minimum atomic E-state index is -0.0727. The zero-order valence-corrected chi connectivity index (χ0v) is 13.6. The molecule has 0 bridgehead atoms. The fourth-order valence-electron chi connectivity index (χ4n) is 1.90. The van der Waals surface area contributed by atoms with Gasteiger partial charge in [-0.05, 0) is 46.1 Å². The van der Waals surface area contributed by atoms with Crippen molar-refractivity contribution in [2.75, 3.05) is 39.5 Å². The van der Waals surface area contributed by atoms with Gasteiger partial charge in [-0.15, -0.1) is 0 Å². The summed E-state index contributed by atoms with van der Waals surface area (Å²) in [4.78, 5) is 16.3. The van der Waals surface area contributed by atoms with E-state index in [1.165, 1.54) is 0 Å². The highest BCUT2D eigenvalue weighted by molar-refractivity contribution is 6.43. The van der Waals surface area contributed by atoms with E-state index < -0.39 is 0 Å². The molecule has 2 N–H and O–H groups in total. The molecule has 0 atom stereocenters. The van der Waals surface area contributed by atoms with Crippen molar-refractivity contribution in [2.45, 2.75) is 13.3 Å². The van der Waals surface area contributed by atoms with Crippen LogP contribution in [0.1, 0.15) is 23.7 Å². The van der Waals surface area contributed by atoms with Crippen LogP contribution in [-0.4, -0.2) is 49.4 Å². The molecule has 0 fully saturated rings. The van der Waals surface area contributed by atoms with Crippen LogP contribution < -0.4 is 5.73 Å². The van der Waals surface area contributed by atoms with Crippen LogP contribution in [0.5, 0.6) is 0 Å². The molecule has 1 amide bonds. The minimum absolute atomic E-state index is 0.0727. The van der Waals surface area contributed by atoms with Crippen molar-refractivity contribution in [1.82, 2.24) is 9.80 Å². The van der Waals surface area contributed by atoms with Crippen LogP contribution in [-0.2, 0) is 0 Å². The maximum absolute atomic E-state index is 12.4. The van der Waals surface area contributed by atoms with Crippen molar-refractivity contribution in [3.05, 3.63) is 27.7 Å². The Balaban J connectivity index is 2.80. The first-order valence-corrected chi connectivity index (χ1v) is 7.31. The van der Waals surface area contributed by atoms with Gasteiger partial charge in [-0.2, -0.15) is 0 Å². The van der Waals surface area contributed by atoms with Gasteiger partial charge in [-0.25, -0.2) is 0 Å². The summed E-state index contributed by atoms with van der Waals surface area (Å²) in [5, 5.41) is 0.596. The number of carbonyl (C=O) groups excluding carboxylic acids is 1. The van der Waals surface area contributed by atoms with E-state index >= 15 is 0 Å². The number of nitrogens with zero attached hydrogens (tertiary/aromatic N) is 2. The number of carbonyl (C=O) groups is 1. The molecule has 0 aliphatic heterocycles. The highest BCUT2D eigenvalue weighted by Gasteiger charge is 2.16. The zero-order valence-electron chi connectivity index (χ0n) is 12.1. The Morgan fingerprint density at radius 2 is 1.90 bits per heavy atom. The summed E-state index contributed by atoms with van der Waals surface area (Å²) in [5.74, 6) is -0.0727. The van der Waals surface area contributed by atoms with E-state index in [9.17, 15) is 4.79 Å². The lowest BCUT2D eigenvalue weighted by molar-refractivity contribution is 0.0759. The SMILES string of the molecule is CCN(CCCN(C)C)C(=O)c1cc(N)c(Cl)c(Cl)c1. The third-order valence-electron chi connectivity index (χ3n) is 3.01. The van der Waals surface area contributed by atoms with E-state index in [-0.39, 0.29) is 5.91 Å². The van der Waals surface area contributed by atoms with Gasteiger partial charge < -0.3 is 15.5 Å². The van der Waals surface area contributed by atoms with E-state index in [1.807, 2.05) is 21.0 Å². The molecule has 0 radical (unpaired) electrons. The van der Waals surface area contributed by atoms with Crippen LogP contribution in [0, 0.1) is 0 Å². The van der Waals surface area contributed by atoms with Crippen LogP contribution in [0.4, 0.5) is 5.69 Å². The molecule has 0 unspecified atom stereocenters. The van der Waals surface area contributed by atoms with Crippen molar-refractivity contribution >= 4 is 34.8 Å². The van der Waals surface area contributed by atoms with E-state index in [0.717, 1.165) is 13.0 Å². The Kier molecular flexibility index (Phi) is 6.59. The molecule has 4 nitrogen and oxygen atoms in total. The lowest BCUT2D eigenvalue weighted by Gasteiger charge is -2.22. The van der Waals surface area contributed by atoms with Crippen LogP contribution in [0.3, 0.4) is 0 Å². The normalized spacial score (nSPS) is 10.9. The molecule has 0 spiro atoms. The number of anilines is 1. The summed E-state index contributed by atoms with van der Waals surface area (Å²) >= 11 is 11.9. The molecule has 1 aromatic carbocycles. The molecule has 0 heterocycles. The highest BCUT2D eigenvalue weighted by Crippen LogP contribution is 2.29. The van der Waals surface area contributed by atoms with E-state index in [2.05, 4.69) is 4.90 Å². The van der Waals surface area contributed by atoms with Crippen LogP contribution in [0.2, 0.25) is 10.0 Å². The summed E-state index contributed by atoms with van der Waals surface area (Å²) < 4.78 is 0. The molecular formula is C14H21Cl2N3O. The Labute approximate surface area is 130 Å². The van der Waals surface area contributed by atoms with Crippen LogP contribution in [0.15, 0.2) is 12.1 Å². The topological polar surface area (TPSA) is 49.6 Å². The number of rotatable bonds is 6. The van der Waals surface area contributed by atoms with Gasteiger partial charge >= 0.3 is 0 Å². The van der Waals surface area contributed by atoms with E-state index in [0.29, 0.717) is 34.4 Å². The predicted octanol–water partition coefficient (Wildman–Crippen LogP) is 2.99. The Morgan fingerprint density at radius 1 is 1.25 bits per heavy atom. The molecular weight excluding hydrogens is 297 g/mol. The fourth-order valence-corrected chi connectivity index (χ4v) is 2.23. The third-order valence-corrected chi connectivity index (χ3v) is 3.82. The van der Waals surface area contributed by atoms with Gasteiger partial charge in [0.15, 0.2) is 0 Å². The minimum Gasteiger partial charge on any atom is -0.397 e. The summed E-state index contributed by atoms with van der Waals surface area (Å²) in [5.41, 5.74) is 6.55. The molecule has 0 aliphatic rings. The summed E-state index contributed by atoms with van der Waals surface area (Å²) in [6.45, 7) is 4.24. The van der Waals surface area contributed by atoms with Gasteiger partial charge in [0.05, 0.1) is 15.7 Å². The lowest BCUT2D eigenvalue weighted by atomic mass is 10.1. The average molecular weight is 318 g/mol. The first-order valence-electron chi connectivity index (χ1n) is 6.55. The molecule has 112 valence electrons. The molecule has 0 aromatic heterocycles. The second-order valence-corrected chi connectivity index (χ2v) is 5.69. The fraction of sp³-hybridized carbons (Fsp3) is 0.500. The van der Waals surface area contributed by atoms with Crippen molar-refractivity contribution < 1.29 is 4.79 Å². The number of halogens is 2. The smallest absolute Gasteiger partial charge is 0.253 e. The van der Waals surface area contributed by atoms with Gasteiger partial charge in [0, 0.05) is 18.7 Å². The quantitative estimate of drug-likeness (QED) is 0.820. The molecule has 1 aromatic rings. The Bertz CT molecular complexity index is 454. The zero-order chi connectivity index (χ0) is 15.3.